The lowest BCUT2D eigenvalue weighted by Crippen LogP contribution is -2.36. The van der Waals surface area contributed by atoms with E-state index in [1.54, 1.807) is 51.1 Å². The van der Waals surface area contributed by atoms with Crippen LogP contribution in [0, 0.1) is 16.7 Å². The summed E-state index contributed by atoms with van der Waals surface area (Å²) in [4.78, 5) is 24.8. The molecule has 4 unspecified atom stereocenters. The molecule has 2 fully saturated rings. The van der Waals surface area contributed by atoms with E-state index in [0.717, 1.165) is 6.21 Å². The first-order chi connectivity index (χ1) is 19.5. The van der Waals surface area contributed by atoms with Crippen molar-refractivity contribution in [3.8, 4) is 5.75 Å². The van der Waals surface area contributed by atoms with Gasteiger partial charge < -0.3 is 25.1 Å². The molecule has 220 valence electrons. The Hall–Kier alpha value is -3.45. The first-order valence-electron chi connectivity index (χ1n) is 13.2. The van der Waals surface area contributed by atoms with E-state index in [2.05, 4.69) is 20.0 Å². The Morgan fingerprint density at radius 3 is 2.71 bits per heavy atom. The lowest BCUT2D eigenvalue weighted by molar-refractivity contribution is -0.149. The molecule has 1 aromatic carbocycles. The van der Waals surface area contributed by atoms with Crippen LogP contribution in [0.1, 0.15) is 40.3 Å². The lowest BCUT2D eigenvalue weighted by Gasteiger charge is -2.26. The Morgan fingerprint density at radius 1 is 1.29 bits per heavy atom. The third-order valence-corrected chi connectivity index (χ3v) is 9.42. The maximum atomic E-state index is 16.4. The molecular formula is C26H33FN7O6P. The van der Waals surface area contributed by atoms with Crippen LogP contribution in [0.5, 0.6) is 5.75 Å². The number of nitrogens with two attached hydrogens (primary N) is 1. The Kier molecular flexibility index (Phi) is 7.62. The highest BCUT2D eigenvalue weighted by molar-refractivity contribution is 7.52. The van der Waals surface area contributed by atoms with E-state index in [1.165, 1.54) is 24.1 Å². The van der Waals surface area contributed by atoms with Crippen LogP contribution in [-0.4, -0.2) is 62.2 Å². The highest BCUT2D eigenvalue weighted by atomic mass is 31.2. The minimum Gasteiger partial charge on any atom is -0.462 e. The molecule has 15 heteroatoms. The predicted molar refractivity (Wildman–Crippen MR) is 147 cm³/mol. The number of anilines is 1. The largest absolute Gasteiger partial charge is 0.462 e. The van der Waals surface area contributed by atoms with Gasteiger partial charge in [-0.25, -0.2) is 23.9 Å². The number of benzene rings is 1. The summed E-state index contributed by atoms with van der Waals surface area (Å²) in [5.41, 5.74) is 4.30. The van der Waals surface area contributed by atoms with E-state index in [-0.39, 0.29) is 30.7 Å². The number of hydrogen-bond donors (Lipinski definition) is 3. The molecule has 0 bridgehead atoms. The molecule has 0 spiro atoms. The van der Waals surface area contributed by atoms with Crippen molar-refractivity contribution >= 4 is 36.9 Å². The lowest BCUT2D eigenvalue weighted by atomic mass is 9.91. The molecule has 13 nitrogen and oxygen atoms in total. The maximum absolute atomic E-state index is 16.4. The maximum Gasteiger partial charge on any atom is 0.459 e. The molecule has 2 aliphatic rings. The summed E-state index contributed by atoms with van der Waals surface area (Å²) >= 11 is 0. The van der Waals surface area contributed by atoms with Gasteiger partial charge in [0.15, 0.2) is 23.9 Å². The number of nitrogens with one attached hydrogen (secondary N) is 2. The predicted octanol–water partition coefficient (Wildman–Crippen LogP) is 3.82. The summed E-state index contributed by atoms with van der Waals surface area (Å²) in [5, 5.41) is 10.4. The van der Waals surface area contributed by atoms with E-state index in [1.807, 2.05) is 0 Å². The van der Waals surface area contributed by atoms with Gasteiger partial charge in [0, 0.05) is 11.3 Å². The normalized spacial score (nSPS) is 29.1. The third-order valence-electron chi connectivity index (χ3n) is 7.77. The number of ether oxygens (including phenoxy) is 2. The van der Waals surface area contributed by atoms with Crippen LogP contribution in [0.25, 0.3) is 11.2 Å². The van der Waals surface area contributed by atoms with E-state index in [9.17, 15) is 9.36 Å². The SMILES string of the molecule is CC(C)OC(=O)[C@H](C)NP(=O)(OC[C@H]1C2(C)O[C@@H](n3cnc4c(N)ncnc43)C(F)C12CC=N)Oc1ccccc1. The quantitative estimate of drug-likeness (QED) is 0.159. The number of hydrogen-bond acceptors (Lipinski definition) is 11. The number of carbonyl (C=O) groups excluding carboxylic acids is 1. The van der Waals surface area contributed by atoms with Crippen molar-refractivity contribution in [2.45, 2.75) is 64.3 Å². The van der Waals surface area contributed by atoms with E-state index in [4.69, 9.17) is 29.7 Å². The van der Waals surface area contributed by atoms with Crippen molar-refractivity contribution in [2.24, 2.45) is 11.3 Å². The van der Waals surface area contributed by atoms with Crippen LogP contribution < -0.4 is 15.3 Å². The highest BCUT2D eigenvalue weighted by Gasteiger charge is 2.84. The number of halogens is 1. The molecule has 1 aliphatic carbocycles. The van der Waals surface area contributed by atoms with Crippen LogP contribution in [0.2, 0.25) is 0 Å². The number of nitrogen functional groups attached to an aromatic ring is 1. The molecule has 7 atom stereocenters. The molecule has 4 N–H and O–H groups in total. The Morgan fingerprint density at radius 2 is 2.02 bits per heavy atom. The van der Waals surface area contributed by atoms with Gasteiger partial charge in [-0.2, -0.15) is 5.09 Å². The zero-order valence-electron chi connectivity index (χ0n) is 23.1. The van der Waals surface area contributed by atoms with Gasteiger partial charge in [0.25, 0.3) is 0 Å². The molecule has 41 heavy (non-hydrogen) atoms. The summed E-state index contributed by atoms with van der Waals surface area (Å²) in [5.74, 6) is -0.822. The fourth-order valence-electron chi connectivity index (χ4n) is 5.71. The number of nitrogens with zero attached hydrogens (tertiary/aromatic N) is 4. The molecule has 0 amide bonds. The molecule has 3 aromatic rings. The summed E-state index contributed by atoms with van der Waals surface area (Å²) in [6, 6.07) is 7.31. The van der Waals surface area contributed by atoms with E-state index < -0.39 is 49.1 Å². The Bertz CT molecular complexity index is 1490. The minimum atomic E-state index is -4.18. The molecule has 2 aromatic heterocycles. The second kappa shape index (κ2) is 10.8. The topological polar surface area (TPSA) is 177 Å². The van der Waals surface area contributed by atoms with Crippen molar-refractivity contribution in [2.75, 3.05) is 12.3 Å². The monoisotopic (exact) mass is 589 g/mol. The smallest absolute Gasteiger partial charge is 0.459 e. The van der Waals surface area contributed by atoms with Gasteiger partial charge in [0.05, 0.1) is 24.6 Å². The van der Waals surface area contributed by atoms with Crippen molar-refractivity contribution < 1.29 is 32.3 Å². The van der Waals surface area contributed by atoms with E-state index in [0.29, 0.717) is 11.2 Å². The average molecular weight is 590 g/mol. The fraction of sp³-hybridized carbons (Fsp3) is 0.500. The number of alkyl halides is 1. The third kappa shape index (κ3) is 4.99. The van der Waals surface area contributed by atoms with Crippen molar-refractivity contribution in [3.63, 3.8) is 0 Å². The first kappa shape index (κ1) is 29.1. The van der Waals surface area contributed by atoms with Crippen LogP contribution in [0.4, 0.5) is 10.2 Å². The van der Waals surface area contributed by atoms with Gasteiger partial charge in [-0.15, -0.1) is 0 Å². The minimum absolute atomic E-state index is 0.0489. The molecule has 5 rings (SSSR count). The number of imidazole rings is 1. The number of carbonyl (C=O) groups is 1. The summed E-state index contributed by atoms with van der Waals surface area (Å²) in [7, 11) is -4.18. The first-order valence-corrected chi connectivity index (χ1v) is 14.7. The van der Waals surface area contributed by atoms with Crippen LogP contribution >= 0.6 is 7.75 Å². The number of esters is 1. The second-order valence-electron chi connectivity index (χ2n) is 10.6. The van der Waals surface area contributed by atoms with Gasteiger partial charge in [-0.05, 0) is 52.5 Å². The molecule has 0 radical (unpaired) electrons. The number of rotatable bonds is 12. The molecule has 1 saturated carbocycles. The number of fused-ring (bicyclic) bond motifs is 2. The number of aromatic nitrogens is 4. The highest BCUT2D eigenvalue weighted by Crippen LogP contribution is 2.76. The van der Waals surface area contributed by atoms with Gasteiger partial charge in [-0.1, -0.05) is 18.2 Å². The van der Waals surface area contributed by atoms with Crippen LogP contribution in [0.15, 0.2) is 43.0 Å². The van der Waals surface area contributed by atoms with Gasteiger partial charge in [0.2, 0.25) is 0 Å². The van der Waals surface area contributed by atoms with Gasteiger partial charge in [0.1, 0.15) is 23.6 Å². The van der Waals surface area contributed by atoms with Crippen LogP contribution in [0.3, 0.4) is 0 Å². The average Bonchev–Trinajstić information content (AvgIpc) is 3.15. The van der Waals surface area contributed by atoms with Crippen molar-refractivity contribution in [1.29, 1.82) is 5.41 Å². The van der Waals surface area contributed by atoms with Crippen LogP contribution in [-0.2, 0) is 23.4 Å². The van der Waals surface area contributed by atoms with E-state index >= 15 is 4.39 Å². The van der Waals surface area contributed by atoms with Gasteiger partial charge >= 0.3 is 13.7 Å². The summed E-state index contributed by atoms with van der Waals surface area (Å²) in [6.45, 7) is 6.38. The zero-order valence-corrected chi connectivity index (χ0v) is 24.0. The second-order valence-corrected chi connectivity index (χ2v) is 12.3. The zero-order chi connectivity index (χ0) is 29.6. The molecular weight excluding hydrogens is 556 g/mol. The standard InChI is InChI=1S/C26H33FN7O6P/c1-15(2)38-24(35)16(3)33-41(36,40-17-8-6-5-7-9-17)37-12-18-25(4)26(18,10-11-28)20(27)23(39-25)34-14-32-19-21(29)30-13-31-22(19)34/h5-9,11,13-16,18,20,23,28H,10,12H2,1-4H3,(H,33,36)(H2,29,30,31)/t16-,18-,20?,23+,25?,26?,41?/m0/s1. The summed E-state index contributed by atoms with van der Waals surface area (Å²) < 4.78 is 54.8. The van der Waals surface area contributed by atoms with Crippen molar-refractivity contribution in [3.05, 3.63) is 43.0 Å². The van der Waals surface area contributed by atoms with Gasteiger partial charge in [-0.3, -0.25) is 13.9 Å². The fourth-order valence-corrected chi connectivity index (χ4v) is 7.21. The molecule has 1 aliphatic heterocycles. The summed E-state index contributed by atoms with van der Waals surface area (Å²) in [6.07, 6.45) is 0.771. The van der Waals surface area contributed by atoms with Crippen molar-refractivity contribution in [1.82, 2.24) is 24.6 Å². The Balaban J connectivity index is 1.37. The molecule has 3 heterocycles. The number of para-hydroxylation sites is 1. The molecule has 1 saturated heterocycles. The Labute approximate surface area is 236 Å².